The van der Waals surface area contributed by atoms with Gasteiger partial charge in [-0.05, 0) is 48.0 Å². The molecule has 4 aromatic rings. The van der Waals surface area contributed by atoms with Crippen molar-refractivity contribution in [2.24, 2.45) is 7.05 Å². The van der Waals surface area contributed by atoms with Crippen LogP contribution in [0.4, 0.5) is 5.69 Å². The Morgan fingerprint density at radius 3 is 2.33 bits per heavy atom. The summed E-state index contributed by atoms with van der Waals surface area (Å²) in [5.74, 6) is -1.31. The Balaban J connectivity index is 1.64. The van der Waals surface area contributed by atoms with Crippen molar-refractivity contribution in [2.75, 3.05) is 25.6 Å². The number of anilines is 1. The zero-order chi connectivity index (χ0) is 29.0. The maximum Gasteiger partial charge on any atom is 0.335 e. The first-order chi connectivity index (χ1) is 19.2. The van der Waals surface area contributed by atoms with Crippen LogP contribution in [-0.2, 0) is 23.0 Å². The lowest BCUT2D eigenvalue weighted by molar-refractivity contribution is -0.142. The van der Waals surface area contributed by atoms with Gasteiger partial charge in [0.1, 0.15) is 6.04 Å². The molecule has 0 saturated carbocycles. The van der Waals surface area contributed by atoms with Gasteiger partial charge in [0.2, 0.25) is 0 Å². The van der Waals surface area contributed by atoms with Crippen molar-refractivity contribution in [1.82, 2.24) is 14.5 Å². The second kappa shape index (κ2) is 12.4. The van der Waals surface area contributed by atoms with Gasteiger partial charge >= 0.3 is 11.7 Å². The van der Waals surface area contributed by atoms with Gasteiger partial charge in [0, 0.05) is 25.7 Å². The van der Waals surface area contributed by atoms with Crippen LogP contribution in [0.1, 0.15) is 15.9 Å². The van der Waals surface area contributed by atoms with Crippen LogP contribution < -0.4 is 21.9 Å². The molecule has 4 rings (SSSR count). The average Bonchev–Trinajstić information content (AvgIpc) is 2.94. The molecule has 0 saturated heterocycles. The first kappa shape index (κ1) is 28.9. The molecule has 0 radical (unpaired) electrons. The summed E-state index contributed by atoms with van der Waals surface area (Å²) in [6.45, 7) is 0.238. The Morgan fingerprint density at radius 1 is 1.02 bits per heavy atom. The standard InChI is InChI=1S/C28H26Cl2N4O6/c1-33-23-11-8-17(31-12-13-35)15-19(23)26(37)34(28(33)39)18-9-6-16(7-10-18)14-22(27(38)40-2)32-25(36)24-20(29)4-3-5-21(24)30/h3-11,15,22,31,35H,12-14H2,1-2H3,(H,32,36)/t22-/m0/s1. The molecule has 1 atom stereocenters. The van der Waals surface area contributed by atoms with E-state index >= 15 is 0 Å². The fourth-order valence-electron chi connectivity index (χ4n) is 4.30. The number of halogens is 2. The molecule has 10 nitrogen and oxygen atoms in total. The number of ether oxygens (including phenoxy) is 1. The van der Waals surface area contributed by atoms with Crippen molar-refractivity contribution in [3.8, 4) is 5.69 Å². The number of amides is 1. The lowest BCUT2D eigenvalue weighted by atomic mass is 10.0. The molecule has 3 aromatic carbocycles. The number of aliphatic hydroxyl groups excluding tert-OH is 1. The number of aromatic nitrogens is 2. The third-order valence-corrected chi connectivity index (χ3v) is 6.96. The summed E-state index contributed by atoms with van der Waals surface area (Å²) in [7, 11) is 2.78. The molecule has 0 fully saturated rings. The van der Waals surface area contributed by atoms with Gasteiger partial charge in [-0.15, -0.1) is 0 Å². The predicted octanol–water partition coefficient (Wildman–Crippen LogP) is 2.91. The molecule has 0 aliphatic carbocycles. The van der Waals surface area contributed by atoms with E-state index < -0.39 is 29.2 Å². The van der Waals surface area contributed by atoms with Gasteiger partial charge in [-0.1, -0.05) is 41.4 Å². The first-order valence-corrected chi connectivity index (χ1v) is 12.9. The van der Waals surface area contributed by atoms with E-state index in [2.05, 4.69) is 10.6 Å². The fraction of sp³-hybridized carbons (Fsp3) is 0.214. The molecule has 0 bridgehead atoms. The molecule has 208 valence electrons. The molecule has 0 aliphatic rings. The lowest BCUT2D eigenvalue weighted by Crippen LogP contribution is -2.43. The predicted molar refractivity (Wildman–Crippen MR) is 154 cm³/mol. The Hall–Kier alpha value is -4.12. The second-order valence-electron chi connectivity index (χ2n) is 8.88. The number of fused-ring (bicyclic) bond motifs is 1. The monoisotopic (exact) mass is 584 g/mol. The molecule has 40 heavy (non-hydrogen) atoms. The first-order valence-electron chi connectivity index (χ1n) is 12.2. The van der Waals surface area contributed by atoms with Gasteiger partial charge in [0.25, 0.3) is 11.5 Å². The molecule has 1 aromatic heterocycles. The summed E-state index contributed by atoms with van der Waals surface area (Å²) in [6.07, 6.45) is 0.0608. The minimum Gasteiger partial charge on any atom is -0.467 e. The topological polar surface area (TPSA) is 132 Å². The van der Waals surface area contributed by atoms with Crippen LogP contribution >= 0.6 is 23.2 Å². The smallest absolute Gasteiger partial charge is 0.335 e. The molecular weight excluding hydrogens is 559 g/mol. The average molecular weight is 585 g/mol. The van der Waals surface area contributed by atoms with Gasteiger partial charge in [0.05, 0.1) is 45.9 Å². The zero-order valence-electron chi connectivity index (χ0n) is 21.6. The van der Waals surface area contributed by atoms with Crippen LogP contribution in [-0.4, -0.2) is 52.4 Å². The van der Waals surface area contributed by atoms with Crippen LogP contribution in [0, 0.1) is 0 Å². The van der Waals surface area contributed by atoms with Crippen molar-refractivity contribution in [3.05, 3.63) is 103 Å². The number of hydrogen-bond donors (Lipinski definition) is 3. The third-order valence-electron chi connectivity index (χ3n) is 6.33. The molecule has 12 heteroatoms. The number of carbonyl (C=O) groups is 2. The molecular formula is C28H26Cl2N4O6. The van der Waals surface area contributed by atoms with Gasteiger partial charge in [-0.25, -0.2) is 14.2 Å². The molecule has 0 aliphatic heterocycles. The summed E-state index contributed by atoms with van der Waals surface area (Å²) < 4.78 is 7.30. The molecule has 0 spiro atoms. The molecule has 1 heterocycles. The highest BCUT2D eigenvalue weighted by Gasteiger charge is 2.25. The Kier molecular flexibility index (Phi) is 8.93. The van der Waals surface area contributed by atoms with Crippen molar-refractivity contribution in [3.63, 3.8) is 0 Å². The van der Waals surface area contributed by atoms with Crippen molar-refractivity contribution in [1.29, 1.82) is 0 Å². The van der Waals surface area contributed by atoms with Crippen molar-refractivity contribution < 1.29 is 19.4 Å². The summed E-state index contributed by atoms with van der Waals surface area (Å²) in [5, 5.41) is 15.3. The molecule has 3 N–H and O–H groups in total. The molecule has 1 amide bonds. The fourth-order valence-corrected chi connectivity index (χ4v) is 4.86. The van der Waals surface area contributed by atoms with Gasteiger partial charge in [-0.2, -0.15) is 0 Å². The van der Waals surface area contributed by atoms with Crippen LogP contribution in [0.3, 0.4) is 0 Å². The maximum absolute atomic E-state index is 13.4. The van der Waals surface area contributed by atoms with Crippen molar-refractivity contribution >= 4 is 51.7 Å². The summed E-state index contributed by atoms with van der Waals surface area (Å²) >= 11 is 12.3. The Bertz CT molecular complexity index is 1680. The minimum absolute atomic E-state index is 0.0383. The molecule has 0 unspecified atom stereocenters. The highest BCUT2D eigenvalue weighted by molar-refractivity contribution is 6.39. The maximum atomic E-state index is 13.4. The number of nitrogens with one attached hydrogen (secondary N) is 2. The number of aryl methyl sites for hydroxylation is 1. The van der Waals surface area contributed by atoms with E-state index in [0.29, 0.717) is 34.4 Å². The van der Waals surface area contributed by atoms with Gasteiger partial charge in [-0.3, -0.25) is 14.2 Å². The largest absolute Gasteiger partial charge is 0.467 e. The van der Waals surface area contributed by atoms with Crippen molar-refractivity contribution in [2.45, 2.75) is 12.5 Å². The summed E-state index contributed by atoms with van der Waals surface area (Å²) in [5.41, 5.74) is 1.06. The van der Waals surface area contributed by atoms with Gasteiger partial charge in [0.15, 0.2) is 0 Å². The number of hydrogen-bond acceptors (Lipinski definition) is 7. The van der Waals surface area contributed by atoms with E-state index in [9.17, 15) is 19.2 Å². The minimum atomic E-state index is -1.06. The van der Waals surface area contributed by atoms with Crippen LogP contribution in [0.15, 0.2) is 70.3 Å². The van der Waals surface area contributed by atoms with E-state index in [1.807, 2.05) is 0 Å². The summed E-state index contributed by atoms with van der Waals surface area (Å²) in [6, 6.07) is 15.1. The Labute approximate surface area is 238 Å². The number of esters is 1. The van der Waals surface area contributed by atoms with E-state index in [4.69, 9.17) is 33.0 Å². The highest BCUT2D eigenvalue weighted by Crippen LogP contribution is 2.24. The number of methoxy groups -OCH3 is 1. The quantitative estimate of drug-likeness (QED) is 0.258. The second-order valence-corrected chi connectivity index (χ2v) is 9.70. The van der Waals surface area contributed by atoms with E-state index in [0.717, 1.165) is 4.57 Å². The number of carbonyl (C=O) groups excluding carboxylic acids is 2. The third kappa shape index (κ3) is 5.89. The van der Waals surface area contributed by atoms with Crippen LogP contribution in [0.2, 0.25) is 10.0 Å². The summed E-state index contributed by atoms with van der Waals surface area (Å²) in [4.78, 5) is 51.8. The normalized spacial score (nSPS) is 11.7. The number of rotatable bonds is 9. The van der Waals surface area contributed by atoms with E-state index in [-0.39, 0.29) is 28.6 Å². The zero-order valence-corrected chi connectivity index (χ0v) is 23.1. The van der Waals surface area contributed by atoms with E-state index in [1.165, 1.54) is 23.8 Å². The number of nitrogens with zero attached hydrogens (tertiary/aromatic N) is 2. The highest BCUT2D eigenvalue weighted by atomic mass is 35.5. The number of benzene rings is 3. The Morgan fingerprint density at radius 2 is 1.70 bits per heavy atom. The van der Waals surface area contributed by atoms with Crippen LogP contribution in [0.25, 0.3) is 16.6 Å². The lowest BCUT2D eigenvalue weighted by Gasteiger charge is -2.18. The van der Waals surface area contributed by atoms with E-state index in [1.54, 1.807) is 55.6 Å². The van der Waals surface area contributed by atoms with Crippen LogP contribution in [0.5, 0.6) is 0 Å². The SMILES string of the molecule is COC(=O)[C@H](Cc1ccc(-n2c(=O)c3cc(NCCO)ccc3n(C)c2=O)cc1)NC(=O)c1c(Cl)cccc1Cl. The van der Waals surface area contributed by atoms with Gasteiger partial charge < -0.3 is 20.5 Å². The number of aliphatic hydroxyl groups is 1.